The van der Waals surface area contributed by atoms with E-state index in [2.05, 4.69) is 26.1 Å². The molecular weight excluding hydrogens is 480 g/mol. The molecule has 3 aromatic rings. The van der Waals surface area contributed by atoms with Crippen LogP contribution in [0.3, 0.4) is 0 Å². The third kappa shape index (κ3) is 5.85. The van der Waals surface area contributed by atoms with Crippen LogP contribution in [-0.2, 0) is 17.8 Å². The van der Waals surface area contributed by atoms with Gasteiger partial charge in [-0.2, -0.15) is 0 Å². The molecule has 1 heterocycles. The summed E-state index contributed by atoms with van der Waals surface area (Å²) >= 11 is 10.5. The van der Waals surface area contributed by atoms with Gasteiger partial charge in [0, 0.05) is 17.0 Å². The molecule has 0 saturated carbocycles. The molecular formula is C20H16BrClN2O4S. The summed E-state index contributed by atoms with van der Waals surface area (Å²) in [6.07, 6.45) is 2.12. The molecule has 0 bridgehead atoms. The Morgan fingerprint density at radius 1 is 1.31 bits per heavy atom. The molecule has 0 aliphatic rings. The number of thioether (sulfide) groups is 1. The summed E-state index contributed by atoms with van der Waals surface area (Å²) in [5.41, 5.74) is 1.56. The van der Waals surface area contributed by atoms with Crippen molar-refractivity contribution in [3.8, 4) is 5.75 Å². The van der Waals surface area contributed by atoms with Crippen LogP contribution in [0.1, 0.15) is 23.9 Å². The van der Waals surface area contributed by atoms with E-state index in [0.29, 0.717) is 39.7 Å². The van der Waals surface area contributed by atoms with Gasteiger partial charge in [0.25, 0.3) is 5.22 Å². The Kier molecular flexibility index (Phi) is 7.35. The summed E-state index contributed by atoms with van der Waals surface area (Å²) < 4.78 is 11.9. The molecule has 29 heavy (non-hydrogen) atoms. The SMILES string of the molecule is CCc1nnc(S/C(=C\c2ccc(OCc3ccccc3Cl)c(Br)c2)C(=O)O)o1. The zero-order chi connectivity index (χ0) is 20.8. The van der Waals surface area contributed by atoms with E-state index in [0.717, 1.165) is 17.3 Å². The van der Waals surface area contributed by atoms with Gasteiger partial charge in [0.1, 0.15) is 17.3 Å². The fourth-order valence-corrected chi connectivity index (χ4v) is 3.69. The first kappa shape index (κ1) is 21.4. The molecule has 0 atom stereocenters. The Morgan fingerprint density at radius 3 is 2.76 bits per heavy atom. The number of hydrogen-bond donors (Lipinski definition) is 1. The summed E-state index contributed by atoms with van der Waals surface area (Å²) in [5.74, 6) is -0.00231. The number of aliphatic carboxylic acids is 1. The number of carbonyl (C=O) groups is 1. The van der Waals surface area contributed by atoms with Gasteiger partial charge in [0.2, 0.25) is 5.89 Å². The van der Waals surface area contributed by atoms with Gasteiger partial charge in [-0.05, 0) is 57.5 Å². The van der Waals surface area contributed by atoms with Gasteiger partial charge in [0.15, 0.2) is 0 Å². The molecule has 0 spiro atoms. The van der Waals surface area contributed by atoms with Gasteiger partial charge in [-0.25, -0.2) is 4.79 Å². The lowest BCUT2D eigenvalue weighted by Gasteiger charge is -2.10. The molecule has 0 amide bonds. The molecule has 1 N–H and O–H groups in total. The number of carboxylic acids is 1. The quantitative estimate of drug-likeness (QED) is 0.310. The Balaban J connectivity index is 1.74. The lowest BCUT2D eigenvalue weighted by Crippen LogP contribution is -1.98. The predicted octanol–water partition coefficient (Wildman–Crippen LogP) is 5.84. The lowest BCUT2D eigenvalue weighted by atomic mass is 10.2. The highest BCUT2D eigenvalue weighted by Gasteiger charge is 2.15. The molecule has 6 nitrogen and oxygen atoms in total. The molecule has 1 aromatic heterocycles. The topological polar surface area (TPSA) is 85.5 Å². The van der Waals surface area contributed by atoms with Crippen molar-refractivity contribution in [3.05, 3.63) is 73.9 Å². The van der Waals surface area contributed by atoms with Crippen LogP contribution in [0.15, 0.2) is 61.5 Å². The maximum atomic E-state index is 11.6. The van der Waals surface area contributed by atoms with Crippen molar-refractivity contribution in [2.24, 2.45) is 0 Å². The largest absolute Gasteiger partial charge is 0.488 e. The Bertz CT molecular complexity index is 1050. The van der Waals surface area contributed by atoms with E-state index < -0.39 is 5.97 Å². The first-order valence-electron chi connectivity index (χ1n) is 8.57. The minimum atomic E-state index is -1.08. The van der Waals surface area contributed by atoms with E-state index in [-0.39, 0.29) is 10.1 Å². The Hall–Kier alpha value is -2.29. The first-order valence-corrected chi connectivity index (χ1v) is 10.6. The zero-order valence-electron chi connectivity index (χ0n) is 15.3. The number of benzene rings is 2. The van der Waals surface area contributed by atoms with Crippen LogP contribution in [-0.4, -0.2) is 21.3 Å². The monoisotopic (exact) mass is 494 g/mol. The van der Waals surface area contributed by atoms with Crippen molar-refractivity contribution in [1.29, 1.82) is 0 Å². The molecule has 0 radical (unpaired) electrons. The van der Waals surface area contributed by atoms with Gasteiger partial charge in [-0.15, -0.1) is 10.2 Å². The van der Waals surface area contributed by atoms with Crippen LogP contribution in [0.4, 0.5) is 0 Å². The van der Waals surface area contributed by atoms with Crippen molar-refractivity contribution in [2.75, 3.05) is 0 Å². The molecule has 3 rings (SSSR count). The smallest absolute Gasteiger partial charge is 0.342 e. The highest BCUT2D eigenvalue weighted by molar-refractivity contribution is 9.10. The number of aryl methyl sites for hydroxylation is 1. The number of carboxylic acid groups (broad SMARTS) is 1. The molecule has 2 aromatic carbocycles. The van der Waals surface area contributed by atoms with E-state index in [9.17, 15) is 9.90 Å². The van der Waals surface area contributed by atoms with Gasteiger partial charge in [0.05, 0.1) is 4.47 Å². The normalized spacial score (nSPS) is 11.5. The van der Waals surface area contributed by atoms with Gasteiger partial charge in [-0.1, -0.05) is 42.8 Å². The van der Waals surface area contributed by atoms with E-state index in [1.807, 2.05) is 25.1 Å². The third-order valence-corrected chi connectivity index (χ3v) is 5.59. The second-order valence-electron chi connectivity index (χ2n) is 5.80. The van der Waals surface area contributed by atoms with E-state index in [1.165, 1.54) is 6.08 Å². The molecule has 0 aliphatic carbocycles. The first-order chi connectivity index (χ1) is 14.0. The van der Waals surface area contributed by atoms with Crippen LogP contribution in [0.25, 0.3) is 6.08 Å². The van der Waals surface area contributed by atoms with Crippen LogP contribution < -0.4 is 4.74 Å². The summed E-state index contributed by atoms with van der Waals surface area (Å²) in [7, 11) is 0. The van der Waals surface area contributed by atoms with Gasteiger partial charge < -0.3 is 14.3 Å². The van der Waals surface area contributed by atoms with Crippen molar-refractivity contribution < 1.29 is 19.1 Å². The number of hydrogen-bond acceptors (Lipinski definition) is 6. The minimum Gasteiger partial charge on any atom is -0.488 e. The maximum absolute atomic E-state index is 11.6. The number of rotatable bonds is 8. The summed E-state index contributed by atoms with van der Waals surface area (Å²) in [6, 6.07) is 12.8. The second-order valence-corrected chi connectivity index (χ2v) is 8.06. The number of aromatic nitrogens is 2. The molecule has 0 unspecified atom stereocenters. The van der Waals surface area contributed by atoms with Crippen LogP contribution in [0.5, 0.6) is 5.75 Å². The molecule has 0 aliphatic heterocycles. The Morgan fingerprint density at radius 2 is 2.10 bits per heavy atom. The van der Waals surface area contributed by atoms with E-state index in [1.54, 1.807) is 24.3 Å². The summed E-state index contributed by atoms with van der Waals surface area (Å²) in [5, 5.41) is 18.0. The molecule has 9 heteroatoms. The fraction of sp³-hybridized carbons (Fsp3) is 0.150. The summed E-state index contributed by atoms with van der Waals surface area (Å²) in [6.45, 7) is 2.20. The highest BCUT2D eigenvalue weighted by atomic mass is 79.9. The molecule has 0 saturated heterocycles. The standard InChI is InChI=1S/C20H16BrClN2O4S/c1-2-18-23-24-20(28-18)29-17(19(25)26)10-12-7-8-16(14(21)9-12)27-11-13-5-3-4-6-15(13)22/h3-10H,2,11H2,1H3,(H,25,26)/b17-10-. The van der Waals surface area contributed by atoms with Crippen molar-refractivity contribution in [1.82, 2.24) is 10.2 Å². The van der Waals surface area contributed by atoms with Gasteiger partial charge in [-0.3, -0.25) is 0 Å². The van der Waals surface area contributed by atoms with Crippen LogP contribution in [0, 0.1) is 0 Å². The highest BCUT2D eigenvalue weighted by Crippen LogP contribution is 2.31. The number of halogens is 2. The van der Waals surface area contributed by atoms with Crippen molar-refractivity contribution >= 4 is 51.3 Å². The number of ether oxygens (including phenoxy) is 1. The van der Waals surface area contributed by atoms with Crippen molar-refractivity contribution in [2.45, 2.75) is 25.2 Å². The summed E-state index contributed by atoms with van der Waals surface area (Å²) in [4.78, 5) is 11.7. The predicted molar refractivity (Wildman–Crippen MR) is 115 cm³/mol. The average Bonchev–Trinajstić information content (AvgIpc) is 3.15. The average molecular weight is 496 g/mol. The minimum absolute atomic E-state index is 0.0629. The van der Waals surface area contributed by atoms with Crippen LogP contribution >= 0.6 is 39.3 Å². The molecule has 150 valence electrons. The lowest BCUT2D eigenvalue weighted by molar-refractivity contribution is -0.131. The van der Waals surface area contributed by atoms with Crippen molar-refractivity contribution in [3.63, 3.8) is 0 Å². The van der Waals surface area contributed by atoms with Gasteiger partial charge >= 0.3 is 5.97 Å². The fourth-order valence-electron chi connectivity index (χ4n) is 2.30. The number of nitrogens with zero attached hydrogens (tertiary/aromatic N) is 2. The van der Waals surface area contributed by atoms with E-state index in [4.69, 9.17) is 20.8 Å². The van der Waals surface area contributed by atoms with Crippen LogP contribution in [0.2, 0.25) is 5.02 Å². The zero-order valence-corrected chi connectivity index (χ0v) is 18.4. The maximum Gasteiger partial charge on any atom is 0.342 e. The van der Waals surface area contributed by atoms with E-state index >= 15 is 0 Å². The second kappa shape index (κ2) is 9.96. The Labute approximate surface area is 185 Å². The molecule has 0 fully saturated rings. The third-order valence-electron chi connectivity index (χ3n) is 3.75.